The van der Waals surface area contributed by atoms with E-state index in [1.165, 1.54) is 38.1 Å². The van der Waals surface area contributed by atoms with Gasteiger partial charge in [-0.15, -0.1) is 0 Å². The second-order valence-corrected chi connectivity index (χ2v) is 14.6. The summed E-state index contributed by atoms with van der Waals surface area (Å²) in [6, 6.07) is 78.3. The molecule has 57 heavy (non-hydrogen) atoms. The van der Waals surface area contributed by atoms with Gasteiger partial charge in [-0.05, 0) is 110 Å². The van der Waals surface area contributed by atoms with Crippen molar-refractivity contribution in [2.45, 2.75) is 0 Å². The number of nitrogens with zero attached hydrogens (tertiary/aromatic N) is 2. The van der Waals surface area contributed by atoms with Crippen LogP contribution in [0.1, 0.15) is 0 Å². The molecule has 0 N–H and O–H groups in total. The van der Waals surface area contributed by atoms with Crippen molar-refractivity contribution in [3.8, 4) is 11.1 Å². The Morgan fingerprint density at radius 1 is 0.281 bits per heavy atom. The third-order valence-electron chi connectivity index (χ3n) is 11.1. The number of furan rings is 1. The fraction of sp³-hybridized carbons (Fsp3) is 0. The van der Waals surface area contributed by atoms with Gasteiger partial charge in [-0.3, -0.25) is 0 Å². The Kier molecular flexibility index (Phi) is 7.82. The average Bonchev–Trinajstić information content (AvgIpc) is 3.64. The highest BCUT2D eigenvalue weighted by Crippen LogP contribution is 2.48. The Hall–Kier alpha value is -7.62. The first-order valence-electron chi connectivity index (χ1n) is 19.4. The number of benzene rings is 10. The van der Waals surface area contributed by atoms with E-state index in [0.29, 0.717) is 0 Å². The standard InChI is InChI=1S/C54H36N2O/c1-3-13-37(14-4-1)40-23-27-46(28-24-40)55(47-29-25-38-15-7-9-17-41(38)31-47)49-35-51(54-50-33-43-19-11-12-20-44(43)34-52(50)57-53(54)36-49)56(45-21-5-2-6-22-45)48-30-26-39-16-8-10-18-42(39)32-48/h1-36H. The number of rotatable bonds is 7. The summed E-state index contributed by atoms with van der Waals surface area (Å²) in [4.78, 5) is 4.75. The molecule has 0 saturated carbocycles. The van der Waals surface area contributed by atoms with Crippen LogP contribution in [0.3, 0.4) is 0 Å². The van der Waals surface area contributed by atoms with E-state index in [1.807, 2.05) is 0 Å². The zero-order chi connectivity index (χ0) is 37.7. The second-order valence-electron chi connectivity index (χ2n) is 14.6. The van der Waals surface area contributed by atoms with Gasteiger partial charge in [0.1, 0.15) is 11.2 Å². The number of fused-ring (bicyclic) bond motifs is 6. The molecule has 0 amide bonds. The molecule has 0 unspecified atom stereocenters. The molecule has 10 aromatic carbocycles. The summed E-state index contributed by atoms with van der Waals surface area (Å²) in [6.07, 6.45) is 0. The highest BCUT2D eigenvalue weighted by Gasteiger charge is 2.24. The number of para-hydroxylation sites is 1. The second kappa shape index (κ2) is 13.6. The summed E-state index contributed by atoms with van der Waals surface area (Å²) in [5.41, 5.74) is 10.3. The Bertz CT molecular complexity index is 3240. The SMILES string of the molecule is c1ccc(-c2ccc(N(c3ccc4ccccc4c3)c3cc(N(c4ccccc4)c4ccc5ccccc5c4)c4c(c3)oc3cc5ccccc5cc34)cc2)cc1. The monoisotopic (exact) mass is 728 g/mol. The third kappa shape index (κ3) is 5.85. The van der Waals surface area contributed by atoms with Crippen molar-refractivity contribution in [1.29, 1.82) is 0 Å². The summed E-state index contributed by atoms with van der Waals surface area (Å²) in [6.45, 7) is 0. The maximum absolute atomic E-state index is 6.95. The van der Waals surface area contributed by atoms with Crippen molar-refractivity contribution < 1.29 is 4.42 Å². The molecule has 11 aromatic rings. The Labute approximate surface area is 330 Å². The highest BCUT2D eigenvalue weighted by molar-refractivity contribution is 6.17. The first-order chi connectivity index (χ1) is 28.2. The molecule has 3 nitrogen and oxygen atoms in total. The first-order valence-corrected chi connectivity index (χ1v) is 19.4. The minimum Gasteiger partial charge on any atom is -0.456 e. The molecule has 268 valence electrons. The zero-order valence-corrected chi connectivity index (χ0v) is 31.1. The fourth-order valence-electron chi connectivity index (χ4n) is 8.38. The van der Waals surface area contributed by atoms with E-state index in [9.17, 15) is 0 Å². The van der Waals surface area contributed by atoms with Crippen LogP contribution in [-0.2, 0) is 0 Å². The van der Waals surface area contributed by atoms with Crippen LogP contribution in [0.15, 0.2) is 223 Å². The molecule has 0 fully saturated rings. The molecular formula is C54H36N2O. The van der Waals surface area contributed by atoms with Crippen LogP contribution < -0.4 is 9.80 Å². The molecule has 0 bridgehead atoms. The van der Waals surface area contributed by atoms with E-state index in [4.69, 9.17) is 4.42 Å². The van der Waals surface area contributed by atoms with Crippen molar-refractivity contribution in [3.05, 3.63) is 218 Å². The van der Waals surface area contributed by atoms with Crippen LogP contribution in [0.5, 0.6) is 0 Å². The summed E-state index contributed by atoms with van der Waals surface area (Å²) < 4.78 is 6.95. The molecule has 3 heteroatoms. The molecule has 0 aliphatic heterocycles. The first kappa shape index (κ1) is 32.8. The maximum Gasteiger partial charge on any atom is 0.139 e. The van der Waals surface area contributed by atoms with Crippen LogP contribution >= 0.6 is 0 Å². The van der Waals surface area contributed by atoms with Crippen LogP contribution in [0.25, 0.3) is 65.4 Å². The van der Waals surface area contributed by atoms with E-state index in [1.54, 1.807) is 0 Å². The van der Waals surface area contributed by atoms with E-state index < -0.39 is 0 Å². The van der Waals surface area contributed by atoms with Gasteiger partial charge in [0.15, 0.2) is 0 Å². The van der Waals surface area contributed by atoms with Gasteiger partial charge in [-0.1, -0.05) is 146 Å². The lowest BCUT2D eigenvalue weighted by molar-refractivity contribution is 0.669. The smallest absolute Gasteiger partial charge is 0.139 e. The summed E-state index contributed by atoms with van der Waals surface area (Å²) in [7, 11) is 0. The van der Waals surface area contributed by atoms with Gasteiger partial charge in [0.25, 0.3) is 0 Å². The van der Waals surface area contributed by atoms with Gasteiger partial charge in [-0.25, -0.2) is 0 Å². The van der Waals surface area contributed by atoms with Gasteiger partial charge < -0.3 is 14.2 Å². The van der Waals surface area contributed by atoms with E-state index in [2.05, 4.69) is 228 Å². The maximum atomic E-state index is 6.95. The van der Waals surface area contributed by atoms with Gasteiger partial charge in [0.2, 0.25) is 0 Å². The molecule has 0 aliphatic carbocycles. The molecule has 1 heterocycles. The van der Waals surface area contributed by atoms with Gasteiger partial charge in [0.05, 0.1) is 16.8 Å². The largest absolute Gasteiger partial charge is 0.456 e. The van der Waals surface area contributed by atoms with Gasteiger partial charge in [0, 0.05) is 34.2 Å². The Morgan fingerprint density at radius 3 is 1.39 bits per heavy atom. The fourth-order valence-corrected chi connectivity index (χ4v) is 8.38. The van der Waals surface area contributed by atoms with E-state index in [0.717, 1.165) is 61.4 Å². The summed E-state index contributed by atoms with van der Waals surface area (Å²) >= 11 is 0. The van der Waals surface area contributed by atoms with Gasteiger partial charge >= 0.3 is 0 Å². The minimum atomic E-state index is 0.821. The van der Waals surface area contributed by atoms with E-state index >= 15 is 0 Å². The molecule has 0 radical (unpaired) electrons. The summed E-state index contributed by atoms with van der Waals surface area (Å²) in [5, 5.41) is 9.24. The van der Waals surface area contributed by atoms with Crippen molar-refractivity contribution >= 4 is 88.4 Å². The third-order valence-corrected chi connectivity index (χ3v) is 11.1. The number of hydrogen-bond acceptors (Lipinski definition) is 3. The van der Waals surface area contributed by atoms with Crippen LogP contribution in [0.4, 0.5) is 34.1 Å². The Balaban J connectivity index is 1.21. The highest BCUT2D eigenvalue weighted by atomic mass is 16.3. The lowest BCUT2D eigenvalue weighted by Crippen LogP contribution is -2.13. The van der Waals surface area contributed by atoms with Crippen LogP contribution in [-0.4, -0.2) is 0 Å². The minimum absolute atomic E-state index is 0.821. The van der Waals surface area contributed by atoms with Crippen molar-refractivity contribution in [2.24, 2.45) is 0 Å². The van der Waals surface area contributed by atoms with Gasteiger partial charge in [-0.2, -0.15) is 0 Å². The van der Waals surface area contributed by atoms with Crippen molar-refractivity contribution in [1.82, 2.24) is 0 Å². The summed E-state index contributed by atoms with van der Waals surface area (Å²) in [5.74, 6) is 0. The van der Waals surface area contributed by atoms with E-state index in [-0.39, 0.29) is 0 Å². The van der Waals surface area contributed by atoms with Crippen LogP contribution in [0.2, 0.25) is 0 Å². The number of hydrogen-bond donors (Lipinski definition) is 0. The quantitative estimate of drug-likeness (QED) is 0.163. The molecule has 0 atom stereocenters. The lowest BCUT2D eigenvalue weighted by atomic mass is 10.0. The zero-order valence-electron chi connectivity index (χ0n) is 31.1. The molecule has 11 rings (SSSR count). The van der Waals surface area contributed by atoms with Crippen molar-refractivity contribution in [3.63, 3.8) is 0 Å². The van der Waals surface area contributed by atoms with Crippen LogP contribution in [0, 0.1) is 0 Å². The molecule has 0 spiro atoms. The topological polar surface area (TPSA) is 19.6 Å². The predicted molar refractivity (Wildman–Crippen MR) is 241 cm³/mol. The molecular weight excluding hydrogens is 693 g/mol. The average molecular weight is 729 g/mol. The molecule has 1 aromatic heterocycles. The lowest BCUT2D eigenvalue weighted by Gasteiger charge is -2.30. The molecule has 0 saturated heterocycles. The Morgan fingerprint density at radius 2 is 0.754 bits per heavy atom. The van der Waals surface area contributed by atoms with Crippen molar-refractivity contribution in [2.75, 3.05) is 9.80 Å². The normalized spacial score (nSPS) is 11.5. The predicted octanol–water partition coefficient (Wildman–Crippen LogP) is 15.7. The molecule has 0 aliphatic rings. The number of anilines is 6.